The summed E-state index contributed by atoms with van der Waals surface area (Å²) in [5, 5.41) is 6.66. The summed E-state index contributed by atoms with van der Waals surface area (Å²) in [6.07, 6.45) is 0. The van der Waals surface area contributed by atoms with E-state index >= 15 is 0 Å². The van der Waals surface area contributed by atoms with Crippen LogP contribution in [0.5, 0.6) is 0 Å². The molecule has 0 unspecified atom stereocenters. The third-order valence-corrected chi connectivity index (χ3v) is 7.17. The van der Waals surface area contributed by atoms with Crippen LogP contribution in [0.15, 0.2) is 66.7 Å². The van der Waals surface area contributed by atoms with Crippen LogP contribution in [0.4, 0.5) is 11.4 Å². The molecule has 1 heterocycles. The number of carbonyl (C=O) groups is 2. The number of carbonyl (C=O) groups excluding carboxylic acids is 2. The van der Waals surface area contributed by atoms with Gasteiger partial charge in [0.25, 0.3) is 11.8 Å². The van der Waals surface area contributed by atoms with E-state index in [-0.39, 0.29) is 22.3 Å². The standard InChI is InChI=1S/C30H33ClN4O2S/c1-20-8-10-22(11-9-20)28(37)35-18-16-34(17-19-35)26-24(31)6-5-7-25(26)32-29(38)33-27(36)21-12-14-23(15-13-21)30(2,3)4/h5-15H,16-19H2,1-4H3,(H2,32,33,36,38). The highest BCUT2D eigenvalue weighted by molar-refractivity contribution is 7.80. The van der Waals surface area contributed by atoms with Crippen molar-refractivity contribution in [3.8, 4) is 0 Å². The summed E-state index contributed by atoms with van der Waals surface area (Å²) >= 11 is 12.1. The average Bonchev–Trinajstić information content (AvgIpc) is 2.88. The molecule has 2 N–H and O–H groups in total. The smallest absolute Gasteiger partial charge is 0.257 e. The molecular weight excluding hydrogens is 516 g/mol. The minimum atomic E-state index is -0.283. The second-order valence-corrected chi connectivity index (χ2v) is 11.3. The van der Waals surface area contributed by atoms with Gasteiger partial charge in [0.15, 0.2) is 5.11 Å². The summed E-state index contributed by atoms with van der Waals surface area (Å²) in [6.45, 7) is 10.8. The summed E-state index contributed by atoms with van der Waals surface area (Å²) in [5.74, 6) is -0.253. The molecule has 1 fully saturated rings. The van der Waals surface area contributed by atoms with Crippen molar-refractivity contribution in [1.82, 2.24) is 10.2 Å². The predicted molar refractivity (Wildman–Crippen MR) is 160 cm³/mol. The van der Waals surface area contributed by atoms with Crippen LogP contribution in [0.1, 0.15) is 52.6 Å². The Balaban J connectivity index is 1.40. The maximum atomic E-state index is 12.9. The molecule has 0 aliphatic carbocycles. The Morgan fingerprint density at radius 1 is 0.868 bits per heavy atom. The van der Waals surface area contributed by atoms with Gasteiger partial charge in [-0.3, -0.25) is 14.9 Å². The third kappa shape index (κ3) is 6.52. The van der Waals surface area contributed by atoms with Crippen molar-refractivity contribution in [3.05, 3.63) is 94.0 Å². The lowest BCUT2D eigenvalue weighted by molar-refractivity contribution is 0.0746. The molecule has 0 bridgehead atoms. The molecule has 3 aromatic carbocycles. The second-order valence-electron chi connectivity index (χ2n) is 10.5. The molecule has 0 aromatic heterocycles. The Labute approximate surface area is 235 Å². The maximum Gasteiger partial charge on any atom is 0.257 e. The molecule has 0 spiro atoms. The SMILES string of the molecule is Cc1ccc(C(=O)N2CCN(c3c(Cl)cccc3NC(=S)NC(=O)c3ccc(C(C)(C)C)cc3)CC2)cc1. The number of halogens is 1. The van der Waals surface area contributed by atoms with Crippen LogP contribution in [0, 0.1) is 6.92 Å². The van der Waals surface area contributed by atoms with E-state index in [0.29, 0.717) is 48.0 Å². The van der Waals surface area contributed by atoms with Gasteiger partial charge in [-0.05, 0) is 66.5 Å². The highest BCUT2D eigenvalue weighted by atomic mass is 35.5. The van der Waals surface area contributed by atoms with E-state index in [2.05, 4.69) is 36.3 Å². The van der Waals surface area contributed by atoms with Crippen molar-refractivity contribution < 1.29 is 9.59 Å². The van der Waals surface area contributed by atoms with Gasteiger partial charge in [-0.1, -0.05) is 68.3 Å². The molecule has 1 aliphatic rings. The van der Waals surface area contributed by atoms with Crippen LogP contribution < -0.4 is 15.5 Å². The summed E-state index contributed by atoms with van der Waals surface area (Å²) in [7, 11) is 0. The molecule has 6 nitrogen and oxygen atoms in total. The van der Waals surface area contributed by atoms with Crippen molar-refractivity contribution in [2.75, 3.05) is 36.4 Å². The van der Waals surface area contributed by atoms with E-state index < -0.39 is 0 Å². The number of aryl methyl sites for hydroxylation is 1. The number of hydrogen-bond donors (Lipinski definition) is 2. The van der Waals surface area contributed by atoms with Gasteiger partial charge in [0.05, 0.1) is 16.4 Å². The van der Waals surface area contributed by atoms with Gasteiger partial charge in [-0.25, -0.2) is 0 Å². The lowest BCUT2D eigenvalue weighted by Gasteiger charge is -2.37. The molecule has 0 radical (unpaired) electrons. The normalized spacial score (nSPS) is 13.7. The van der Waals surface area contributed by atoms with Crippen LogP contribution in [0.3, 0.4) is 0 Å². The Kier molecular flexibility index (Phi) is 8.38. The molecule has 1 aliphatic heterocycles. The fourth-order valence-corrected chi connectivity index (χ4v) is 4.90. The number of piperazine rings is 1. The zero-order chi connectivity index (χ0) is 27.4. The van der Waals surface area contributed by atoms with Crippen molar-refractivity contribution >= 4 is 52.1 Å². The van der Waals surface area contributed by atoms with E-state index in [1.54, 1.807) is 12.1 Å². The van der Waals surface area contributed by atoms with E-state index in [1.807, 2.05) is 66.4 Å². The van der Waals surface area contributed by atoms with Crippen molar-refractivity contribution in [2.24, 2.45) is 0 Å². The predicted octanol–water partition coefficient (Wildman–Crippen LogP) is 6.04. The maximum absolute atomic E-state index is 12.9. The van der Waals surface area contributed by atoms with E-state index in [4.69, 9.17) is 23.8 Å². The number of amides is 2. The minimum absolute atomic E-state index is 0.00822. The Morgan fingerprint density at radius 3 is 2.08 bits per heavy atom. The zero-order valence-electron chi connectivity index (χ0n) is 22.2. The van der Waals surface area contributed by atoms with Gasteiger partial charge in [-0.15, -0.1) is 0 Å². The molecule has 2 amide bonds. The number of benzene rings is 3. The first-order valence-electron chi connectivity index (χ1n) is 12.7. The fraction of sp³-hybridized carbons (Fsp3) is 0.300. The molecule has 0 atom stereocenters. The molecule has 4 rings (SSSR count). The number of para-hydroxylation sites is 1. The second kappa shape index (κ2) is 11.5. The number of anilines is 2. The fourth-order valence-electron chi connectivity index (χ4n) is 4.40. The van der Waals surface area contributed by atoms with Gasteiger partial charge in [0, 0.05) is 37.3 Å². The highest BCUT2D eigenvalue weighted by Crippen LogP contribution is 2.34. The number of rotatable bonds is 4. The zero-order valence-corrected chi connectivity index (χ0v) is 23.7. The Hall–Kier alpha value is -3.42. The van der Waals surface area contributed by atoms with Crippen LogP contribution in [0.25, 0.3) is 0 Å². The quantitative estimate of drug-likeness (QED) is 0.389. The van der Waals surface area contributed by atoms with Crippen molar-refractivity contribution in [1.29, 1.82) is 0 Å². The molecule has 0 saturated carbocycles. The van der Waals surface area contributed by atoms with Crippen LogP contribution in [-0.2, 0) is 5.41 Å². The molecule has 3 aromatic rings. The lowest BCUT2D eigenvalue weighted by atomic mass is 9.87. The van der Waals surface area contributed by atoms with Crippen LogP contribution >= 0.6 is 23.8 Å². The van der Waals surface area contributed by atoms with Crippen LogP contribution in [-0.4, -0.2) is 48.0 Å². The third-order valence-electron chi connectivity index (χ3n) is 6.66. The van der Waals surface area contributed by atoms with Gasteiger partial charge in [0.1, 0.15) is 0 Å². The molecule has 8 heteroatoms. The minimum Gasteiger partial charge on any atom is -0.365 e. The van der Waals surface area contributed by atoms with E-state index in [1.165, 1.54) is 0 Å². The monoisotopic (exact) mass is 548 g/mol. The number of hydrogen-bond acceptors (Lipinski definition) is 4. The Morgan fingerprint density at radius 2 is 1.47 bits per heavy atom. The van der Waals surface area contributed by atoms with Gasteiger partial charge in [-0.2, -0.15) is 0 Å². The van der Waals surface area contributed by atoms with Crippen molar-refractivity contribution in [3.63, 3.8) is 0 Å². The van der Waals surface area contributed by atoms with E-state index in [9.17, 15) is 9.59 Å². The largest absolute Gasteiger partial charge is 0.365 e. The van der Waals surface area contributed by atoms with Gasteiger partial charge < -0.3 is 15.1 Å². The molecule has 38 heavy (non-hydrogen) atoms. The van der Waals surface area contributed by atoms with E-state index in [0.717, 1.165) is 16.8 Å². The number of nitrogens with zero attached hydrogens (tertiary/aromatic N) is 2. The lowest BCUT2D eigenvalue weighted by Crippen LogP contribution is -2.49. The Bertz CT molecular complexity index is 1330. The first kappa shape index (κ1) is 27.6. The van der Waals surface area contributed by atoms with Gasteiger partial charge >= 0.3 is 0 Å². The van der Waals surface area contributed by atoms with Crippen LogP contribution in [0.2, 0.25) is 5.02 Å². The molecule has 1 saturated heterocycles. The van der Waals surface area contributed by atoms with Crippen molar-refractivity contribution in [2.45, 2.75) is 33.1 Å². The number of nitrogens with one attached hydrogen (secondary N) is 2. The average molecular weight is 549 g/mol. The first-order chi connectivity index (χ1) is 18.0. The van der Waals surface area contributed by atoms with Gasteiger partial charge in [0.2, 0.25) is 0 Å². The first-order valence-corrected chi connectivity index (χ1v) is 13.4. The summed E-state index contributed by atoms with van der Waals surface area (Å²) in [4.78, 5) is 29.7. The summed E-state index contributed by atoms with van der Waals surface area (Å²) in [5.41, 5.74) is 5.00. The molecular formula is C30H33ClN4O2S. The highest BCUT2D eigenvalue weighted by Gasteiger charge is 2.25. The number of thiocarbonyl (C=S) groups is 1. The summed E-state index contributed by atoms with van der Waals surface area (Å²) < 4.78 is 0. The molecule has 198 valence electrons. The summed E-state index contributed by atoms with van der Waals surface area (Å²) in [6, 6.07) is 20.7. The topological polar surface area (TPSA) is 64.7 Å².